The van der Waals surface area contributed by atoms with Crippen molar-refractivity contribution in [1.82, 2.24) is 0 Å². The van der Waals surface area contributed by atoms with Crippen LogP contribution < -0.4 is 0 Å². The maximum Gasteiger partial charge on any atom is 0.282 e. The molecule has 0 amide bonds. The number of hydrogen-bond donors (Lipinski definition) is 0. The number of Topliss-reactive ketones (excluding diaryl/α,β-unsaturated/α-hetero) is 1. The Bertz CT molecular complexity index is 1030. The van der Waals surface area contributed by atoms with E-state index in [-0.39, 0.29) is 31.5 Å². The van der Waals surface area contributed by atoms with Crippen molar-refractivity contribution in [3.05, 3.63) is 74.7 Å². The Morgan fingerprint density at radius 2 is 1.54 bits per heavy atom. The van der Waals surface area contributed by atoms with E-state index < -0.39 is 10.0 Å². The van der Waals surface area contributed by atoms with Gasteiger partial charge in [0.1, 0.15) is 0 Å². The minimum absolute atomic E-state index is 0.0845. The zero-order chi connectivity index (χ0) is 17.5. The van der Waals surface area contributed by atoms with Crippen molar-refractivity contribution in [2.45, 2.75) is 4.90 Å². The number of carbonyl (C=O) groups is 1. The minimum atomic E-state index is -4.05. The molecule has 3 rings (SSSR count). The van der Waals surface area contributed by atoms with E-state index in [2.05, 4.69) is 4.40 Å². The van der Waals surface area contributed by atoms with Gasteiger partial charge in [0, 0.05) is 11.1 Å². The number of ketones is 1. The Labute approximate surface area is 153 Å². The molecule has 0 fully saturated rings. The molecule has 24 heavy (non-hydrogen) atoms. The summed E-state index contributed by atoms with van der Waals surface area (Å²) in [5.41, 5.74) is 0.782. The molecule has 8 heteroatoms. The van der Waals surface area contributed by atoms with Crippen LogP contribution in [0.3, 0.4) is 0 Å². The summed E-state index contributed by atoms with van der Waals surface area (Å²) in [5.74, 6) is -0.377. The Morgan fingerprint density at radius 1 is 0.875 bits per heavy atom. The lowest BCUT2D eigenvalue weighted by Crippen LogP contribution is -2.16. The average molecular weight is 401 g/mol. The van der Waals surface area contributed by atoms with Crippen LogP contribution in [-0.4, -0.2) is 19.9 Å². The third-order valence-electron chi connectivity index (χ3n) is 3.34. The maximum absolute atomic E-state index is 12.5. The largest absolute Gasteiger partial charge is 0.288 e. The van der Waals surface area contributed by atoms with Crippen LogP contribution in [0.1, 0.15) is 15.9 Å². The first-order valence-electron chi connectivity index (χ1n) is 6.61. The number of nitrogens with zero attached hydrogens (tertiary/aromatic N) is 1. The van der Waals surface area contributed by atoms with Crippen LogP contribution >= 0.6 is 34.8 Å². The average Bonchev–Trinajstić information content (AvgIpc) is 2.54. The van der Waals surface area contributed by atoms with Crippen LogP contribution in [0, 0.1) is 0 Å². The summed E-state index contributed by atoms with van der Waals surface area (Å²) in [7, 11) is -4.05. The Kier molecular flexibility index (Phi) is 4.53. The molecule has 4 nitrogen and oxygen atoms in total. The fraction of sp³-hybridized carbons (Fsp3) is 0. The van der Waals surface area contributed by atoms with Gasteiger partial charge >= 0.3 is 0 Å². The van der Waals surface area contributed by atoms with E-state index in [4.69, 9.17) is 34.8 Å². The highest BCUT2D eigenvalue weighted by Gasteiger charge is 2.25. The molecule has 122 valence electrons. The Morgan fingerprint density at radius 3 is 2.21 bits per heavy atom. The molecule has 0 saturated carbocycles. The molecule has 0 aliphatic heterocycles. The van der Waals surface area contributed by atoms with Crippen molar-refractivity contribution in [1.29, 1.82) is 0 Å². The number of benzene rings is 2. The highest BCUT2D eigenvalue weighted by atomic mass is 35.5. The van der Waals surface area contributed by atoms with Crippen LogP contribution in [0.15, 0.2) is 62.9 Å². The van der Waals surface area contributed by atoms with E-state index in [0.29, 0.717) is 11.1 Å². The summed E-state index contributed by atoms with van der Waals surface area (Å²) in [6, 6.07) is 10.4. The number of allylic oxidation sites excluding steroid dienone is 2. The van der Waals surface area contributed by atoms with Crippen molar-refractivity contribution in [3.63, 3.8) is 0 Å². The lowest BCUT2D eigenvalue weighted by molar-refractivity contribution is 0.104. The van der Waals surface area contributed by atoms with Crippen molar-refractivity contribution in [2.24, 2.45) is 4.40 Å². The molecule has 0 bridgehead atoms. The van der Waals surface area contributed by atoms with E-state index in [1.165, 1.54) is 24.3 Å². The smallest absolute Gasteiger partial charge is 0.282 e. The predicted octanol–water partition coefficient (Wildman–Crippen LogP) is 4.49. The molecule has 0 atom stereocenters. The quantitative estimate of drug-likeness (QED) is 0.746. The molecular weight excluding hydrogens is 393 g/mol. The molecule has 2 aromatic rings. The van der Waals surface area contributed by atoms with Gasteiger partial charge in [-0.05, 0) is 24.3 Å². The fourth-order valence-corrected chi connectivity index (χ4v) is 3.78. The maximum atomic E-state index is 12.5. The van der Waals surface area contributed by atoms with Crippen molar-refractivity contribution in [2.75, 3.05) is 0 Å². The molecular formula is C16H8Cl3NO3S. The Hall–Kier alpha value is -1.66. The van der Waals surface area contributed by atoms with Gasteiger partial charge in [-0.2, -0.15) is 12.8 Å². The molecule has 1 aliphatic rings. The standard InChI is InChI=1S/C16H8Cl3NO3S/c17-12-6-5-9(7-13(12)18)24(22,23)20-15-8-14(19)16(21)11-4-2-1-3-10(11)15/h1-8H/b20-15+. The summed E-state index contributed by atoms with van der Waals surface area (Å²) in [4.78, 5) is 11.9. The van der Waals surface area contributed by atoms with E-state index in [1.807, 2.05) is 0 Å². The first-order valence-corrected chi connectivity index (χ1v) is 9.18. The van der Waals surface area contributed by atoms with Crippen LogP contribution in [-0.2, 0) is 10.0 Å². The van der Waals surface area contributed by atoms with E-state index in [9.17, 15) is 13.2 Å². The second-order valence-electron chi connectivity index (χ2n) is 4.89. The van der Waals surface area contributed by atoms with Gasteiger partial charge < -0.3 is 0 Å². The van der Waals surface area contributed by atoms with Gasteiger partial charge in [0.25, 0.3) is 10.0 Å². The van der Waals surface area contributed by atoms with Crippen molar-refractivity contribution in [3.8, 4) is 0 Å². The second kappa shape index (κ2) is 6.33. The van der Waals surface area contributed by atoms with Gasteiger partial charge in [-0.15, -0.1) is 0 Å². The van der Waals surface area contributed by atoms with E-state index >= 15 is 0 Å². The summed E-state index contributed by atoms with van der Waals surface area (Å²) in [6.45, 7) is 0. The molecule has 0 aromatic heterocycles. The zero-order valence-electron chi connectivity index (χ0n) is 11.8. The normalized spacial score (nSPS) is 16.0. The highest BCUT2D eigenvalue weighted by Crippen LogP contribution is 2.28. The summed E-state index contributed by atoms with van der Waals surface area (Å²) < 4.78 is 28.8. The fourth-order valence-electron chi connectivity index (χ4n) is 2.19. The third-order valence-corrected chi connectivity index (χ3v) is 5.64. The first kappa shape index (κ1) is 17.2. The van der Waals surface area contributed by atoms with Crippen molar-refractivity contribution >= 4 is 56.3 Å². The first-order chi connectivity index (χ1) is 11.3. The molecule has 0 saturated heterocycles. The van der Waals surface area contributed by atoms with Crippen LogP contribution in [0.5, 0.6) is 0 Å². The van der Waals surface area contributed by atoms with Crippen LogP contribution in [0.2, 0.25) is 10.0 Å². The number of carbonyl (C=O) groups excluding carboxylic acids is 1. The monoisotopic (exact) mass is 399 g/mol. The summed E-state index contributed by atoms with van der Waals surface area (Å²) in [5, 5.41) is 0.238. The van der Waals surface area contributed by atoms with Gasteiger partial charge in [0.15, 0.2) is 0 Å². The third kappa shape index (κ3) is 3.13. The van der Waals surface area contributed by atoms with Gasteiger partial charge in [0.2, 0.25) is 5.78 Å². The number of rotatable bonds is 2. The summed E-state index contributed by atoms with van der Waals surface area (Å²) in [6.07, 6.45) is 1.24. The number of halogens is 3. The van der Waals surface area contributed by atoms with E-state index in [0.717, 1.165) is 0 Å². The minimum Gasteiger partial charge on any atom is -0.288 e. The number of hydrogen-bond acceptors (Lipinski definition) is 3. The molecule has 0 unspecified atom stereocenters. The molecule has 0 heterocycles. The van der Waals surface area contributed by atoms with Crippen molar-refractivity contribution < 1.29 is 13.2 Å². The SMILES string of the molecule is O=C1C(Cl)=C/C(=N\S(=O)(=O)c2ccc(Cl)c(Cl)c2)c2ccccc21. The number of sulfonamides is 1. The topological polar surface area (TPSA) is 63.6 Å². The lowest BCUT2D eigenvalue weighted by Gasteiger charge is -2.14. The number of fused-ring (bicyclic) bond motifs is 1. The Balaban J connectivity index is 2.16. The van der Waals surface area contributed by atoms with Gasteiger partial charge in [-0.25, -0.2) is 0 Å². The molecule has 0 spiro atoms. The molecule has 2 aromatic carbocycles. The zero-order valence-corrected chi connectivity index (χ0v) is 14.9. The molecule has 0 radical (unpaired) electrons. The van der Waals surface area contributed by atoms with Gasteiger partial charge in [-0.1, -0.05) is 59.1 Å². The van der Waals surface area contributed by atoms with Crippen LogP contribution in [0.25, 0.3) is 0 Å². The summed E-state index contributed by atoms with van der Waals surface area (Å²) >= 11 is 17.6. The molecule has 0 N–H and O–H groups in total. The predicted molar refractivity (Wildman–Crippen MR) is 94.9 cm³/mol. The van der Waals surface area contributed by atoms with Gasteiger partial charge in [-0.3, -0.25) is 4.79 Å². The highest BCUT2D eigenvalue weighted by molar-refractivity contribution is 7.90. The van der Waals surface area contributed by atoms with E-state index in [1.54, 1.807) is 24.3 Å². The lowest BCUT2D eigenvalue weighted by atomic mass is 9.94. The second-order valence-corrected chi connectivity index (χ2v) is 7.72. The molecule has 1 aliphatic carbocycles. The van der Waals surface area contributed by atoms with Gasteiger partial charge in [0.05, 0.1) is 25.7 Å². The van der Waals surface area contributed by atoms with Crippen LogP contribution in [0.4, 0.5) is 0 Å².